The summed E-state index contributed by atoms with van der Waals surface area (Å²) in [6.07, 6.45) is 2.24. The van der Waals surface area contributed by atoms with Crippen molar-refractivity contribution in [2.24, 2.45) is 0 Å². The molecule has 0 spiro atoms. The summed E-state index contributed by atoms with van der Waals surface area (Å²) in [5, 5.41) is 0.0205. The van der Waals surface area contributed by atoms with Gasteiger partial charge in [0.1, 0.15) is 0 Å². The van der Waals surface area contributed by atoms with Gasteiger partial charge in [0, 0.05) is 4.90 Å². The molecule has 0 aliphatic heterocycles. The van der Waals surface area contributed by atoms with Crippen molar-refractivity contribution in [3.8, 4) is 0 Å². The summed E-state index contributed by atoms with van der Waals surface area (Å²) < 4.78 is 13.1. The lowest BCUT2D eigenvalue weighted by Crippen LogP contribution is -1.89. The van der Waals surface area contributed by atoms with Crippen LogP contribution in [-0.2, 0) is 0 Å². The van der Waals surface area contributed by atoms with Gasteiger partial charge < -0.3 is 0 Å². The van der Waals surface area contributed by atoms with Gasteiger partial charge in [0.15, 0.2) is 12.1 Å². The van der Waals surface area contributed by atoms with Gasteiger partial charge in [-0.25, -0.2) is 4.39 Å². The number of hydrogen-bond donors (Lipinski definition) is 0. The topological polar surface area (TPSA) is 17.1 Å². The van der Waals surface area contributed by atoms with Crippen molar-refractivity contribution in [1.29, 1.82) is 0 Å². The lowest BCUT2D eigenvalue weighted by molar-refractivity contribution is 0.111. The minimum atomic E-state index is -0.640. The lowest BCUT2D eigenvalue weighted by Gasteiger charge is -2.02. The van der Waals surface area contributed by atoms with Crippen LogP contribution in [0.25, 0.3) is 0 Å². The zero-order chi connectivity index (χ0) is 9.14. The molecule has 0 saturated carbocycles. The zero-order valence-electron chi connectivity index (χ0n) is 6.30. The maximum Gasteiger partial charge on any atom is 0.153 e. The van der Waals surface area contributed by atoms with Gasteiger partial charge in [-0.2, -0.15) is 0 Å². The van der Waals surface area contributed by atoms with Gasteiger partial charge in [0.05, 0.1) is 10.6 Å². The smallest absolute Gasteiger partial charge is 0.153 e. The average molecular weight is 205 g/mol. The number of carbonyl (C=O) groups is 1. The summed E-state index contributed by atoms with van der Waals surface area (Å²) in [6, 6.07) is 3.04. The van der Waals surface area contributed by atoms with Crippen LogP contribution in [0, 0.1) is 5.82 Å². The minimum absolute atomic E-state index is 0.00204. The maximum atomic E-state index is 13.1. The summed E-state index contributed by atoms with van der Waals surface area (Å²) in [4.78, 5) is 10.9. The van der Waals surface area contributed by atoms with E-state index in [0.29, 0.717) is 11.2 Å². The molecule has 4 heteroatoms. The van der Waals surface area contributed by atoms with Gasteiger partial charge in [0.2, 0.25) is 0 Å². The van der Waals surface area contributed by atoms with E-state index < -0.39 is 5.82 Å². The van der Waals surface area contributed by atoms with E-state index in [-0.39, 0.29) is 10.6 Å². The molecule has 1 aromatic carbocycles. The van der Waals surface area contributed by atoms with Crippen LogP contribution in [0.5, 0.6) is 0 Å². The van der Waals surface area contributed by atoms with Crippen molar-refractivity contribution >= 4 is 29.6 Å². The van der Waals surface area contributed by atoms with E-state index in [2.05, 4.69) is 0 Å². The fourth-order valence-electron chi connectivity index (χ4n) is 0.795. The molecule has 0 radical (unpaired) electrons. The van der Waals surface area contributed by atoms with Crippen LogP contribution in [0.3, 0.4) is 0 Å². The number of rotatable bonds is 2. The van der Waals surface area contributed by atoms with Crippen LogP contribution in [-0.4, -0.2) is 12.5 Å². The predicted octanol–water partition coefficient (Wildman–Crippen LogP) is 3.01. The highest BCUT2D eigenvalue weighted by Crippen LogP contribution is 2.28. The van der Waals surface area contributed by atoms with Crippen molar-refractivity contribution in [2.45, 2.75) is 4.90 Å². The Bertz CT molecular complexity index is 314. The van der Waals surface area contributed by atoms with Crippen molar-refractivity contribution in [3.63, 3.8) is 0 Å². The Labute approximate surface area is 78.9 Å². The molecule has 0 heterocycles. The first-order valence-electron chi connectivity index (χ1n) is 3.18. The molecule has 1 nitrogen and oxygen atoms in total. The highest BCUT2D eigenvalue weighted by Gasteiger charge is 2.09. The third-order valence-corrected chi connectivity index (χ3v) is 2.69. The molecule has 1 rings (SSSR count). The summed E-state index contributed by atoms with van der Waals surface area (Å²) in [5.41, 5.74) is -0.00204. The Morgan fingerprint density at radius 1 is 1.58 bits per heavy atom. The molecule has 0 atom stereocenters. The summed E-state index contributed by atoms with van der Waals surface area (Å²) in [6.45, 7) is 0. The standard InChI is InChI=1S/C8H6ClFOS/c1-12-6-3-2-5(4-11)8(10)7(6)9/h2-4H,1H3. The number of benzene rings is 1. The number of thioether (sulfide) groups is 1. The van der Waals surface area contributed by atoms with Crippen molar-refractivity contribution < 1.29 is 9.18 Å². The number of aldehydes is 1. The molecule has 0 amide bonds. The van der Waals surface area contributed by atoms with Gasteiger partial charge in [-0.05, 0) is 18.4 Å². The highest BCUT2D eigenvalue weighted by atomic mass is 35.5. The van der Waals surface area contributed by atoms with Crippen molar-refractivity contribution in [1.82, 2.24) is 0 Å². The molecule has 0 aromatic heterocycles. The zero-order valence-corrected chi connectivity index (χ0v) is 7.88. The molecule has 0 N–H and O–H groups in total. The fraction of sp³-hybridized carbons (Fsp3) is 0.125. The number of carbonyl (C=O) groups excluding carboxylic acids is 1. The van der Waals surface area contributed by atoms with Gasteiger partial charge >= 0.3 is 0 Å². The van der Waals surface area contributed by atoms with E-state index in [4.69, 9.17) is 11.6 Å². The normalized spacial score (nSPS) is 9.92. The number of halogens is 2. The largest absolute Gasteiger partial charge is 0.298 e. The molecule has 1 aromatic rings. The molecule has 12 heavy (non-hydrogen) atoms. The lowest BCUT2D eigenvalue weighted by atomic mass is 10.2. The van der Waals surface area contributed by atoms with Crippen LogP contribution < -0.4 is 0 Å². The summed E-state index contributed by atoms with van der Waals surface area (Å²) >= 11 is 6.96. The minimum Gasteiger partial charge on any atom is -0.298 e. The van der Waals surface area contributed by atoms with Crippen LogP contribution in [0.1, 0.15) is 10.4 Å². The van der Waals surface area contributed by atoms with E-state index in [9.17, 15) is 9.18 Å². The van der Waals surface area contributed by atoms with E-state index >= 15 is 0 Å². The quantitative estimate of drug-likeness (QED) is 0.544. The Kier molecular flexibility index (Phi) is 3.12. The highest BCUT2D eigenvalue weighted by molar-refractivity contribution is 7.98. The molecular formula is C8H6ClFOS. The van der Waals surface area contributed by atoms with Crippen molar-refractivity contribution in [3.05, 3.63) is 28.5 Å². The van der Waals surface area contributed by atoms with Crippen molar-refractivity contribution in [2.75, 3.05) is 6.26 Å². The second-order valence-electron chi connectivity index (χ2n) is 2.10. The molecule has 0 fully saturated rings. The van der Waals surface area contributed by atoms with E-state index in [1.807, 2.05) is 0 Å². The molecule has 0 saturated heterocycles. The molecule has 64 valence electrons. The summed E-state index contributed by atoms with van der Waals surface area (Å²) in [7, 11) is 0. The van der Waals surface area contributed by atoms with Gasteiger partial charge in [-0.15, -0.1) is 11.8 Å². The molecule has 0 unspecified atom stereocenters. The summed E-state index contributed by atoms with van der Waals surface area (Å²) in [5.74, 6) is -0.640. The van der Waals surface area contributed by atoms with Crippen LogP contribution >= 0.6 is 23.4 Å². The van der Waals surface area contributed by atoms with E-state index in [0.717, 1.165) is 0 Å². The van der Waals surface area contributed by atoms with E-state index in [1.165, 1.54) is 17.8 Å². The maximum absolute atomic E-state index is 13.1. The third-order valence-electron chi connectivity index (χ3n) is 1.42. The molecule has 0 aliphatic carbocycles. The second-order valence-corrected chi connectivity index (χ2v) is 3.33. The first-order valence-corrected chi connectivity index (χ1v) is 4.78. The Balaban J connectivity index is 3.29. The molecular weight excluding hydrogens is 199 g/mol. The Morgan fingerprint density at radius 3 is 2.75 bits per heavy atom. The monoisotopic (exact) mass is 204 g/mol. The van der Waals surface area contributed by atoms with Crippen LogP contribution in [0.15, 0.2) is 17.0 Å². The fourth-order valence-corrected chi connectivity index (χ4v) is 1.67. The second kappa shape index (κ2) is 3.92. The Hall–Kier alpha value is -0.540. The molecule has 0 aliphatic rings. The Morgan fingerprint density at radius 2 is 2.25 bits per heavy atom. The van der Waals surface area contributed by atoms with Gasteiger partial charge in [0.25, 0.3) is 0 Å². The van der Waals surface area contributed by atoms with Crippen LogP contribution in [0.2, 0.25) is 5.02 Å². The van der Waals surface area contributed by atoms with Crippen LogP contribution in [0.4, 0.5) is 4.39 Å². The average Bonchev–Trinajstić information content (AvgIpc) is 2.10. The van der Waals surface area contributed by atoms with Gasteiger partial charge in [-0.1, -0.05) is 11.6 Å². The first-order chi connectivity index (χ1) is 5.70. The first kappa shape index (κ1) is 9.55. The third kappa shape index (κ3) is 1.62. The van der Waals surface area contributed by atoms with E-state index in [1.54, 1.807) is 12.3 Å². The molecule has 0 bridgehead atoms. The SMILES string of the molecule is CSc1ccc(C=O)c(F)c1Cl. The number of hydrogen-bond acceptors (Lipinski definition) is 2. The predicted molar refractivity (Wildman–Crippen MR) is 48.6 cm³/mol. The van der Waals surface area contributed by atoms with Gasteiger partial charge in [-0.3, -0.25) is 4.79 Å².